The quantitative estimate of drug-likeness (QED) is 0.608. The summed E-state index contributed by atoms with van der Waals surface area (Å²) in [4.78, 5) is 11.3. The van der Waals surface area contributed by atoms with E-state index in [1.807, 2.05) is 6.92 Å². The molecule has 1 aliphatic heterocycles. The van der Waals surface area contributed by atoms with E-state index in [1.54, 1.807) is 0 Å². The molecule has 1 fully saturated rings. The van der Waals surface area contributed by atoms with Gasteiger partial charge >= 0.3 is 5.97 Å². The molecule has 2 heteroatoms. The molecule has 70 valence electrons. The zero-order valence-corrected chi connectivity index (χ0v) is 8.17. The highest BCUT2D eigenvalue weighted by Crippen LogP contribution is 2.31. The van der Waals surface area contributed by atoms with Crippen LogP contribution in [0.4, 0.5) is 0 Å². The molecule has 0 aromatic heterocycles. The van der Waals surface area contributed by atoms with Gasteiger partial charge in [0.05, 0.1) is 12.0 Å². The third kappa shape index (κ3) is 1.79. The smallest absolute Gasteiger partial charge is 0.309 e. The van der Waals surface area contributed by atoms with Crippen LogP contribution in [0.15, 0.2) is 0 Å². The molecule has 0 spiro atoms. The lowest BCUT2D eigenvalue weighted by Gasteiger charge is -2.15. The van der Waals surface area contributed by atoms with Crippen LogP contribution < -0.4 is 0 Å². The maximum atomic E-state index is 11.3. The van der Waals surface area contributed by atoms with Gasteiger partial charge in [-0.3, -0.25) is 4.79 Å². The first-order chi connectivity index (χ1) is 5.69. The van der Waals surface area contributed by atoms with Gasteiger partial charge in [-0.05, 0) is 19.3 Å². The number of rotatable bonds is 3. The van der Waals surface area contributed by atoms with Gasteiger partial charge in [0.2, 0.25) is 0 Å². The summed E-state index contributed by atoms with van der Waals surface area (Å²) in [5.41, 5.74) is 0. The molecule has 0 amide bonds. The maximum absolute atomic E-state index is 11.3. The normalized spacial score (nSPS) is 29.5. The summed E-state index contributed by atoms with van der Waals surface area (Å²) < 4.78 is 5.12. The number of cyclic esters (lactones) is 1. The van der Waals surface area contributed by atoms with Crippen molar-refractivity contribution in [2.75, 3.05) is 0 Å². The Bertz CT molecular complexity index is 161. The van der Waals surface area contributed by atoms with Gasteiger partial charge in [-0.1, -0.05) is 26.7 Å². The minimum absolute atomic E-state index is 0.0243. The standard InChI is InChI=1S/C10H18O2/c1-4-8(5-2)9-6-7(3)12-10(9)11/h7-9H,4-6H2,1-3H3/t7-,9-/m0/s1. The lowest BCUT2D eigenvalue weighted by molar-refractivity contribution is -0.145. The van der Waals surface area contributed by atoms with Crippen molar-refractivity contribution >= 4 is 5.97 Å². The molecule has 0 aromatic rings. The SMILES string of the molecule is CCC(CC)[C@@H]1C[C@H](C)OC1=O. The lowest BCUT2D eigenvalue weighted by Crippen LogP contribution is -2.18. The molecule has 1 saturated heterocycles. The van der Waals surface area contributed by atoms with E-state index in [1.165, 1.54) is 0 Å². The second-order valence-electron chi connectivity index (χ2n) is 3.67. The van der Waals surface area contributed by atoms with Gasteiger partial charge in [-0.2, -0.15) is 0 Å². The van der Waals surface area contributed by atoms with Crippen molar-refractivity contribution in [3.63, 3.8) is 0 Å². The Morgan fingerprint density at radius 1 is 1.50 bits per heavy atom. The van der Waals surface area contributed by atoms with Crippen LogP contribution in [0.5, 0.6) is 0 Å². The number of ether oxygens (including phenoxy) is 1. The van der Waals surface area contributed by atoms with Gasteiger partial charge in [0.15, 0.2) is 0 Å². The number of hydrogen-bond donors (Lipinski definition) is 0. The molecule has 0 bridgehead atoms. The highest BCUT2D eigenvalue weighted by molar-refractivity contribution is 5.74. The molecule has 2 nitrogen and oxygen atoms in total. The second kappa shape index (κ2) is 3.92. The fourth-order valence-electron chi connectivity index (χ4n) is 2.03. The van der Waals surface area contributed by atoms with Gasteiger partial charge in [0.1, 0.15) is 0 Å². The van der Waals surface area contributed by atoms with Crippen LogP contribution >= 0.6 is 0 Å². The Balaban J connectivity index is 2.56. The molecule has 12 heavy (non-hydrogen) atoms. The van der Waals surface area contributed by atoms with Crippen molar-refractivity contribution < 1.29 is 9.53 Å². The Labute approximate surface area is 74.3 Å². The molecule has 0 unspecified atom stereocenters. The van der Waals surface area contributed by atoms with Crippen LogP contribution in [0, 0.1) is 11.8 Å². The van der Waals surface area contributed by atoms with Crippen molar-refractivity contribution in [2.45, 2.75) is 46.1 Å². The number of carbonyl (C=O) groups excluding carboxylic acids is 1. The van der Waals surface area contributed by atoms with Crippen molar-refractivity contribution in [1.82, 2.24) is 0 Å². The van der Waals surface area contributed by atoms with Gasteiger partial charge in [-0.15, -0.1) is 0 Å². The van der Waals surface area contributed by atoms with Crippen LogP contribution in [0.2, 0.25) is 0 Å². The first kappa shape index (κ1) is 9.56. The van der Waals surface area contributed by atoms with E-state index >= 15 is 0 Å². The highest BCUT2D eigenvalue weighted by Gasteiger charge is 2.35. The predicted octanol–water partition coefficient (Wildman–Crippen LogP) is 2.37. The largest absolute Gasteiger partial charge is 0.462 e. The van der Waals surface area contributed by atoms with Gasteiger partial charge < -0.3 is 4.74 Å². The summed E-state index contributed by atoms with van der Waals surface area (Å²) in [6.45, 7) is 6.26. The minimum atomic E-state index is 0.0243. The zero-order chi connectivity index (χ0) is 9.14. The van der Waals surface area contributed by atoms with Crippen molar-refractivity contribution in [1.29, 1.82) is 0 Å². The summed E-state index contributed by atoms with van der Waals surface area (Å²) in [7, 11) is 0. The first-order valence-corrected chi connectivity index (χ1v) is 4.89. The minimum Gasteiger partial charge on any atom is -0.462 e. The van der Waals surface area contributed by atoms with Gasteiger partial charge in [0.25, 0.3) is 0 Å². The Hall–Kier alpha value is -0.530. The molecule has 0 aromatic carbocycles. The van der Waals surface area contributed by atoms with E-state index in [9.17, 15) is 4.79 Å². The first-order valence-electron chi connectivity index (χ1n) is 4.89. The Kier molecular flexibility index (Phi) is 3.12. The third-order valence-corrected chi connectivity index (χ3v) is 2.82. The topological polar surface area (TPSA) is 26.3 Å². The average Bonchev–Trinajstić information content (AvgIpc) is 2.34. The molecule has 0 saturated carbocycles. The number of carbonyl (C=O) groups is 1. The van der Waals surface area contributed by atoms with Crippen LogP contribution in [-0.4, -0.2) is 12.1 Å². The van der Waals surface area contributed by atoms with E-state index in [-0.39, 0.29) is 18.0 Å². The van der Waals surface area contributed by atoms with Crippen molar-refractivity contribution in [3.05, 3.63) is 0 Å². The number of hydrogen-bond acceptors (Lipinski definition) is 2. The molecule has 1 aliphatic rings. The van der Waals surface area contributed by atoms with Crippen LogP contribution in [0.1, 0.15) is 40.0 Å². The summed E-state index contributed by atoms with van der Waals surface area (Å²) >= 11 is 0. The summed E-state index contributed by atoms with van der Waals surface area (Å²) in [5, 5.41) is 0. The maximum Gasteiger partial charge on any atom is 0.309 e. The van der Waals surface area contributed by atoms with E-state index in [4.69, 9.17) is 4.74 Å². The zero-order valence-electron chi connectivity index (χ0n) is 8.17. The van der Waals surface area contributed by atoms with E-state index in [0.717, 1.165) is 19.3 Å². The second-order valence-corrected chi connectivity index (χ2v) is 3.67. The highest BCUT2D eigenvalue weighted by atomic mass is 16.5. The monoisotopic (exact) mass is 170 g/mol. The molecule has 1 heterocycles. The van der Waals surface area contributed by atoms with E-state index in [0.29, 0.717) is 5.92 Å². The molecule has 2 atom stereocenters. The molecule has 0 N–H and O–H groups in total. The summed E-state index contributed by atoms with van der Waals surface area (Å²) in [6.07, 6.45) is 3.24. The Morgan fingerprint density at radius 2 is 2.08 bits per heavy atom. The average molecular weight is 170 g/mol. The lowest BCUT2D eigenvalue weighted by atomic mass is 9.86. The van der Waals surface area contributed by atoms with E-state index in [2.05, 4.69) is 13.8 Å². The molecule has 1 rings (SSSR count). The van der Waals surface area contributed by atoms with Crippen molar-refractivity contribution in [3.8, 4) is 0 Å². The van der Waals surface area contributed by atoms with Gasteiger partial charge in [0, 0.05) is 0 Å². The third-order valence-electron chi connectivity index (χ3n) is 2.82. The fourth-order valence-corrected chi connectivity index (χ4v) is 2.03. The molecular weight excluding hydrogens is 152 g/mol. The van der Waals surface area contributed by atoms with E-state index < -0.39 is 0 Å². The molecular formula is C10H18O2. The Morgan fingerprint density at radius 3 is 2.42 bits per heavy atom. The van der Waals surface area contributed by atoms with Crippen molar-refractivity contribution in [2.24, 2.45) is 11.8 Å². The predicted molar refractivity (Wildman–Crippen MR) is 47.7 cm³/mol. The number of esters is 1. The molecule has 0 aliphatic carbocycles. The van der Waals surface area contributed by atoms with Crippen LogP contribution in [0.25, 0.3) is 0 Å². The van der Waals surface area contributed by atoms with Crippen LogP contribution in [-0.2, 0) is 9.53 Å². The fraction of sp³-hybridized carbons (Fsp3) is 0.900. The van der Waals surface area contributed by atoms with Crippen LogP contribution in [0.3, 0.4) is 0 Å². The summed E-state index contributed by atoms with van der Waals surface area (Å²) in [5.74, 6) is 0.730. The van der Waals surface area contributed by atoms with Gasteiger partial charge in [-0.25, -0.2) is 0 Å². The summed E-state index contributed by atoms with van der Waals surface area (Å²) in [6, 6.07) is 0. The molecule has 0 radical (unpaired) electrons.